The SMILES string of the molecule is CN1CCN(CC2CCCCC2N)CC1(C)C. The number of likely N-dealkylation sites (N-methyl/N-ethyl adjacent to an activating group) is 1. The van der Waals surface area contributed by atoms with Crippen LogP contribution in [0.25, 0.3) is 0 Å². The maximum absolute atomic E-state index is 6.25. The zero-order chi connectivity index (χ0) is 12.5. The summed E-state index contributed by atoms with van der Waals surface area (Å²) in [5.41, 5.74) is 6.57. The summed E-state index contributed by atoms with van der Waals surface area (Å²) >= 11 is 0. The van der Waals surface area contributed by atoms with E-state index < -0.39 is 0 Å². The van der Waals surface area contributed by atoms with E-state index in [0.29, 0.717) is 11.6 Å². The molecule has 2 atom stereocenters. The normalized spacial score (nSPS) is 36.0. The van der Waals surface area contributed by atoms with Crippen molar-refractivity contribution in [2.24, 2.45) is 11.7 Å². The number of hydrogen-bond acceptors (Lipinski definition) is 3. The van der Waals surface area contributed by atoms with E-state index in [0.717, 1.165) is 5.92 Å². The molecule has 2 fully saturated rings. The summed E-state index contributed by atoms with van der Waals surface area (Å²) in [5.74, 6) is 0.739. The Morgan fingerprint density at radius 2 is 1.88 bits per heavy atom. The van der Waals surface area contributed by atoms with Crippen LogP contribution in [0.1, 0.15) is 39.5 Å². The molecule has 0 amide bonds. The maximum Gasteiger partial charge on any atom is 0.0277 e. The third kappa shape index (κ3) is 3.21. The van der Waals surface area contributed by atoms with Crippen LogP contribution < -0.4 is 5.73 Å². The molecule has 100 valence electrons. The first-order valence-corrected chi connectivity index (χ1v) is 7.18. The fraction of sp³-hybridized carbons (Fsp3) is 1.00. The number of rotatable bonds is 2. The number of nitrogens with two attached hydrogens (primary N) is 1. The summed E-state index contributed by atoms with van der Waals surface area (Å²) in [7, 11) is 2.24. The fourth-order valence-electron chi connectivity index (χ4n) is 3.29. The minimum Gasteiger partial charge on any atom is -0.327 e. The van der Waals surface area contributed by atoms with Gasteiger partial charge in [0.1, 0.15) is 0 Å². The van der Waals surface area contributed by atoms with Crippen LogP contribution in [-0.4, -0.2) is 54.6 Å². The highest BCUT2D eigenvalue weighted by atomic mass is 15.3. The van der Waals surface area contributed by atoms with Crippen LogP contribution in [-0.2, 0) is 0 Å². The average Bonchev–Trinajstić information content (AvgIpc) is 2.26. The highest BCUT2D eigenvalue weighted by Gasteiger charge is 2.33. The molecule has 3 heteroatoms. The predicted molar refractivity (Wildman–Crippen MR) is 73.1 cm³/mol. The van der Waals surface area contributed by atoms with Crippen LogP contribution in [0.15, 0.2) is 0 Å². The van der Waals surface area contributed by atoms with Crippen LogP contribution >= 0.6 is 0 Å². The second kappa shape index (κ2) is 5.25. The largest absolute Gasteiger partial charge is 0.327 e. The van der Waals surface area contributed by atoms with Crippen molar-refractivity contribution in [3.8, 4) is 0 Å². The van der Waals surface area contributed by atoms with Gasteiger partial charge in [0.25, 0.3) is 0 Å². The van der Waals surface area contributed by atoms with E-state index in [-0.39, 0.29) is 0 Å². The monoisotopic (exact) mass is 239 g/mol. The summed E-state index contributed by atoms with van der Waals surface area (Å²) in [5, 5.41) is 0. The summed E-state index contributed by atoms with van der Waals surface area (Å²) in [6.07, 6.45) is 5.30. The molecule has 0 radical (unpaired) electrons. The van der Waals surface area contributed by atoms with Gasteiger partial charge in [-0.25, -0.2) is 0 Å². The molecule has 3 nitrogen and oxygen atoms in total. The van der Waals surface area contributed by atoms with E-state index >= 15 is 0 Å². The van der Waals surface area contributed by atoms with E-state index in [1.807, 2.05) is 0 Å². The smallest absolute Gasteiger partial charge is 0.0277 e. The lowest BCUT2D eigenvalue weighted by Gasteiger charge is -2.47. The molecule has 1 aliphatic carbocycles. The summed E-state index contributed by atoms with van der Waals surface area (Å²) in [6, 6.07) is 0.450. The van der Waals surface area contributed by atoms with Gasteiger partial charge in [0.05, 0.1) is 0 Å². The lowest BCUT2D eigenvalue weighted by atomic mass is 9.84. The Bertz CT molecular complexity index is 252. The molecule has 2 aliphatic rings. The van der Waals surface area contributed by atoms with Crippen molar-refractivity contribution >= 4 is 0 Å². The van der Waals surface area contributed by atoms with Gasteiger partial charge in [-0.2, -0.15) is 0 Å². The van der Waals surface area contributed by atoms with Gasteiger partial charge in [0.15, 0.2) is 0 Å². The molecule has 0 aromatic rings. The van der Waals surface area contributed by atoms with Crippen LogP contribution in [0, 0.1) is 5.92 Å². The highest BCUT2D eigenvalue weighted by molar-refractivity contribution is 4.90. The Morgan fingerprint density at radius 3 is 2.53 bits per heavy atom. The first-order chi connectivity index (χ1) is 7.99. The molecule has 1 saturated carbocycles. The molecule has 1 saturated heterocycles. The fourth-order valence-corrected chi connectivity index (χ4v) is 3.29. The molecule has 0 aromatic heterocycles. The number of hydrogen-bond donors (Lipinski definition) is 1. The van der Waals surface area contributed by atoms with Crippen LogP contribution in [0.4, 0.5) is 0 Å². The molecule has 2 unspecified atom stereocenters. The Kier molecular flexibility index (Phi) is 4.11. The van der Waals surface area contributed by atoms with Gasteiger partial charge < -0.3 is 5.73 Å². The van der Waals surface area contributed by atoms with E-state index in [4.69, 9.17) is 5.73 Å². The summed E-state index contributed by atoms with van der Waals surface area (Å²) in [6.45, 7) is 9.50. The summed E-state index contributed by atoms with van der Waals surface area (Å²) < 4.78 is 0. The van der Waals surface area contributed by atoms with Gasteiger partial charge in [-0.3, -0.25) is 9.80 Å². The molecule has 2 N–H and O–H groups in total. The molecule has 0 spiro atoms. The van der Waals surface area contributed by atoms with Gasteiger partial charge in [-0.05, 0) is 39.7 Å². The van der Waals surface area contributed by atoms with Crippen molar-refractivity contribution in [2.75, 3.05) is 33.2 Å². The third-order valence-corrected chi connectivity index (χ3v) is 4.86. The molecular formula is C14H29N3. The third-order valence-electron chi connectivity index (χ3n) is 4.86. The first kappa shape index (κ1) is 13.3. The van der Waals surface area contributed by atoms with Gasteiger partial charge in [0, 0.05) is 37.8 Å². The van der Waals surface area contributed by atoms with Crippen molar-refractivity contribution in [2.45, 2.75) is 51.1 Å². The first-order valence-electron chi connectivity index (χ1n) is 7.18. The zero-order valence-electron chi connectivity index (χ0n) is 11.8. The second-order valence-electron chi connectivity index (χ2n) is 6.68. The van der Waals surface area contributed by atoms with Gasteiger partial charge in [0.2, 0.25) is 0 Å². The Morgan fingerprint density at radius 1 is 1.18 bits per heavy atom. The number of nitrogens with zero attached hydrogens (tertiary/aromatic N) is 2. The Labute approximate surface area is 106 Å². The van der Waals surface area contributed by atoms with Crippen molar-refractivity contribution in [1.82, 2.24) is 9.80 Å². The van der Waals surface area contributed by atoms with Crippen molar-refractivity contribution in [3.05, 3.63) is 0 Å². The summed E-state index contributed by atoms with van der Waals surface area (Å²) in [4.78, 5) is 5.11. The average molecular weight is 239 g/mol. The van der Waals surface area contributed by atoms with Crippen LogP contribution in [0.3, 0.4) is 0 Å². The standard InChI is InChI=1S/C14H29N3/c1-14(2)11-17(9-8-16(14)3)10-12-6-4-5-7-13(12)15/h12-13H,4-11,15H2,1-3H3. The van der Waals surface area contributed by atoms with E-state index in [1.54, 1.807) is 0 Å². The van der Waals surface area contributed by atoms with Crippen LogP contribution in [0.2, 0.25) is 0 Å². The van der Waals surface area contributed by atoms with Crippen molar-refractivity contribution < 1.29 is 0 Å². The Hall–Kier alpha value is -0.120. The highest BCUT2D eigenvalue weighted by Crippen LogP contribution is 2.26. The quantitative estimate of drug-likeness (QED) is 0.793. The minimum atomic E-state index is 0.316. The molecule has 1 aliphatic heterocycles. The topological polar surface area (TPSA) is 32.5 Å². The van der Waals surface area contributed by atoms with E-state index in [2.05, 4.69) is 30.7 Å². The zero-order valence-corrected chi connectivity index (χ0v) is 11.8. The van der Waals surface area contributed by atoms with Crippen molar-refractivity contribution in [3.63, 3.8) is 0 Å². The van der Waals surface area contributed by atoms with Gasteiger partial charge in [-0.1, -0.05) is 12.8 Å². The van der Waals surface area contributed by atoms with E-state index in [1.165, 1.54) is 51.9 Å². The molecule has 1 heterocycles. The molecule has 0 bridgehead atoms. The van der Waals surface area contributed by atoms with Gasteiger partial charge in [-0.15, -0.1) is 0 Å². The predicted octanol–water partition coefficient (Wildman–Crippen LogP) is 1.53. The Balaban J connectivity index is 1.87. The minimum absolute atomic E-state index is 0.316. The molecule has 0 aromatic carbocycles. The molecule has 17 heavy (non-hydrogen) atoms. The lowest BCUT2D eigenvalue weighted by Crippen LogP contribution is -2.59. The van der Waals surface area contributed by atoms with Gasteiger partial charge >= 0.3 is 0 Å². The number of piperazine rings is 1. The van der Waals surface area contributed by atoms with Crippen LogP contribution in [0.5, 0.6) is 0 Å². The molecule has 2 rings (SSSR count). The maximum atomic E-state index is 6.25. The van der Waals surface area contributed by atoms with E-state index in [9.17, 15) is 0 Å². The van der Waals surface area contributed by atoms with Crippen molar-refractivity contribution in [1.29, 1.82) is 0 Å². The second-order valence-corrected chi connectivity index (χ2v) is 6.68. The molecular weight excluding hydrogens is 210 g/mol. The lowest BCUT2D eigenvalue weighted by molar-refractivity contribution is 0.0269.